The van der Waals surface area contributed by atoms with Crippen LogP contribution in [0, 0.1) is 20.8 Å². The SMILES string of the molecule is Cc1ccc(-c2ccc(C(O)C(=O)O)cc2)c(-n2nc(C)cc2C)c1. The van der Waals surface area contributed by atoms with E-state index in [0.717, 1.165) is 33.8 Å². The first-order chi connectivity index (χ1) is 11.9. The van der Waals surface area contributed by atoms with E-state index in [1.54, 1.807) is 12.1 Å². The van der Waals surface area contributed by atoms with E-state index in [-0.39, 0.29) is 0 Å². The van der Waals surface area contributed by atoms with Gasteiger partial charge in [0.25, 0.3) is 0 Å². The van der Waals surface area contributed by atoms with E-state index in [9.17, 15) is 9.90 Å². The number of nitrogens with zero attached hydrogens (tertiary/aromatic N) is 2. The fourth-order valence-electron chi connectivity index (χ4n) is 2.92. The zero-order chi connectivity index (χ0) is 18.1. The third-order valence-corrected chi connectivity index (χ3v) is 4.16. The average Bonchev–Trinajstić information content (AvgIpc) is 2.92. The van der Waals surface area contributed by atoms with Crippen LogP contribution < -0.4 is 0 Å². The number of aryl methyl sites for hydroxylation is 3. The van der Waals surface area contributed by atoms with Gasteiger partial charge >= 0.3 is 5.97 Å². The second-order valence-electron chi connectivity index (χ2n) is 6.22. The van der Waals surface area contributed by atoms with Crippen LogP contribution in [0.4, 0.5) is 0 Å². The molecule has 0 radical (unpaired) electrons. The molecular formula is C20H20N2O3. The third kappa shape index (κ3) is 3.32. The summed E-state index contributed by atoms with van der Waals surface area (Å²) in [5.41, 5.74) is 6.38. The number of benzene rings is 2. The Kier molecular flexibility index (Phi) is 4.42. The zero-order valence-corrected chi connectivity index (χ0v) is 14.4. The highest BCUT2D eigenvalue weighted by Gasteiger charge is 2.16. The van der Waals surface area contributed by atoms with Gasteiger partial charge in [0.15, 0.2) is 6.10 Å². The van der Waals surface area contributed by atoms with Crippen molar-refractivity contribution in [1.82, 2.24) is 9.78 Å². The predicted molar refractivity (Wildman–Crippen MR) is 95.8 cm³/mol. The molecule has 1 unspecified atom stereocenters. The van der Waals surface area contributed by atoms with Crippen molar-refractivity contribution in [1.29, 1.82) is 0 Å². The number of carbonyl (C=O) groups is 1. The lowest BCUT2D eigenvalue weighted by atomic mass is 9.99. The predicted octanol–water partition coefficient (Wildman–Crippen LogP) is 3.58. The van der Waals surface area contributed by atoms with E-state index in [1.807, 2.05) is 55.8 Å². The second-order valence-corrected chi connectivity index (χ2v) is 6.22. The summed E-state index contributed by atoms with van der Waals surface area (Å²) in [4.78, 5) is 10.9. The molecule has 3 rings (SSSR count). The molecule has 1 atom stereocenters. The average molecular weight is 336 g/mol. The van der Waals surface area contributed by atoms with Gasteiger partial charge in [-0.2, -0.15) is 5.10 Å². The Morgan fingerprint density at radius 1 is 1.04 bits per heavy atom. The smallest absolute Gasteiger partial charge is 0.337 e. The first-order valence-electron chi connectivity index (χ1n) is 8.02. The molecule has 0 fully saturated rings. The highest BCUT2D eigenvalue weighted by atomic mass is 16.4. The standard InChI is InChI=1S/C20H20N2O3/c1-12-4-9-17(18(10-12)22-14(3)11-13(2)21-22)15-5-7-16(8-6-15)19(23)20(24)25/h4-11,19,23H,1-3H3,(H,24,25). The Hall–Kier alpha value is -2.92. The first kappa shape index (κ1) is 16.9. The first-order valence-corrected chi connectivity index (χ1v) is 8.02. The number of aromatic nitrogens is 2. The van der Waals surface area contributed by atoms with Crippen LogP contribution >= 0.6 is 0 Å². The van der Waals surface area contributed by atoms with Crippen LogP contribution in [0.2, 0.25) is 0 Å². The summed E-state index contributed by atoms with van der Waals surface area (Å²) in [6.45, 7) is 6.00. The van der Waals surface area contributed by atoms with Crippen LogP contribution in [-0.2, 0) is 4.79 Å². The molecule has 0 amide bonds. The van der Waals surface area contributed by atoms with E-state index in [0.29, 0.717) is 5.56 Å². The van der Waals surface area contributed by atoms with Crippen molar-refractivity contribution < 1.29 is 15.0 Å². The molecule has 2 aromatic carbocycles. The summed E-state index contributed by atoms with van der Waals surface area (Å²) in [7, 11) is 0. The highest BCUT2D eigenvalue weighted by Crippen LogP contribution is 2.29. The number of carboxylic acids is 1. The summed E-state index contributed by atoms with van der Waals surface area (Å²) in [6.07, 6.45) is -1.51. The van der Waals surface area contributed by atoms with Crippen LogP contribution in [-0.4, -0.2) is 26.0 Å². The molecule has 0 spiro atoms. The molecule has 3 aromatic rings. The van der Waals surface area contributed by atoms with Gasteiger partial charge in [-0.15, -0.1) is 0 Å². The Labute approximate surface area is 146 Å². The number of rotatable bonds is 4. The van der Waals surface area contributed by atoms with Crippen LogP contribution in [0.3, 0.4) is 0 Å². The molecule has 0 saturated carbocycles. The number of hydrogen-bond donors (Lipinski definition) is 2. The van der Waals surface area contributed by atoms with Crippen LogP contribution in [0.5, 0.6) is 0 Å². The Morgan fingerprint density at radius 3 is 2.28 bits per heavy atom. The zero-order valence-electron chi connectivity index (χ0n) is 14.4. The van der Waals surface area contributed by atoms with Crippen molar-refractivity contribution in [3.63, 3.8) is 0 Å². The molecule has 5 nitrogen and oxygen atoms in total. The molecule has 25 heavy (non-hydrogen) atoms. The molecule has 0 aliphatic carbocycles. The van der Waals surface area contributed by atoms with Crippen molar-refractivity contribution in [2.45, 2.75) is 26.9 Å². The highest BCUT2D eigenvalue weighted by molar-refractivity contribution is 5.76. The second kappa shape index (κ2) is 6.53. The van der Waals surface area contributed by atoms with Gasteiger partial charge in [-0.3, -0.25) is 0 Å². The van der Waals surface area contributed by atoms with E-state index < -0.39 is 12.1 Å². The summed E-state index contributed by atoms with van der Waals surface area (Å²) < 4.78 is 1.91. The number of hydrogen-bond acceptors (Lipinski definition) is 3. The number of aliphatic hydroxyl groups is 1. The van der Waals surface area contributed by atoms with Crippen molar-refractivity contribution in [2.75, 3.05) is 0 Å². The third-order valence-electron chi connectivity index (χ3n) is 4.16. The van der Waals surface area contributed by atoms with Gasteiger partial charge in [-0.1, -0.05) is 36.4 Å². The lowest BCUT2D eigenvalue weighted by Gasteiger charge is -2.14. The topological polar surface area (TPSA) is 75.3 Å². The van der Waals surface area contributed by atoms with Gasteiger partial charge < -0.3 is 10.2 Å². The maximum absolute atomic E-state index is 10.9. The molecule has 128 valence electrons. The molecular weight excluding hydrogens is 316 g/mol. The molecule has 5 heteroatoms. The van der Waals surface area contributed by atoms with Gasteiger partial charge in [0, 0.05) is 11.3 Å². The number of aliphatic carboxylic acids is 1. The summed E-state index contributed by atoms with van der Waals surface area (Å²) in [6, 6.07) is 15.1. The van der Waals surface area contributed by atoms with Crippen LogP contribution in [0.15, 0.2) is 48.5 Å². The molecule has 0 aliphatic heterocycles. The van der Waals surface area contributed by atoms with Crippen molar-refractivity contribution in [3.8, 4) is 16.8 Å². The van der Waals surface area contributed by atoms with Gasteiger partial charge in [-0.05, 0) is 49.6 Å². The lowest BCUT2D eigenvalue weighted by Crippen LogP contribution is -2.10. The van der Waals surface area contributed by atoms with Crippen molar-refractivity contribution in [2.24, 2.45) is 0 Å². The van der Waals surface area contributed by atoms with Crippen molar-refractivity contribution in [3.05, 3.63) is 71.0 Å². The van der Waals surface area contributed by atoms with Gasteiger partial charge in [0.2, 0.25) is 0 Å². The minimum atomic E-state index is -1.51. The molecule has 0 saturated heterocycles. The minimum absolute atomic E-state index is 0.357. The van der Waals surface area contributed by atoms with E-state index in [2.05, 4.69) is 11.2 Å². The van der Waals surface area contributed by atoms with E-state index >= 15 is 0 Å². The minimum Gasteiger partial charge on any atom is -0.479 e. The lowest BCUT2D eigenvalue weighted by molar-refractivity contribution is -0.146. The quantitative estimate of drug-likeness (QED) is 0.763. The fourth-order valence-corrected chi connectivity index (χ4v) is 2.92. The normalized spacial score (nSPS) is 12.2. The monoisotopic (exact) mass is 336 g/mol. The van der Waals surface area contributed by atoms with Gasteiger partial charge in [0.05, 0.1) is 11.4 Å². The molecule has 0 aliphatic rings. The Bertz CT molecular complexity index is 927. The van der Waals surface area contributed by atoms with Crippen LogP contribution in [0.1, 0.15) is 28.6 Å². The van der Waals surface area contributed by atoms with Gasteiger partial charge in [0.1, 0.15) is 0 Å². The number of carboxylic acid groups (broad SMARTS) is 1. The molecule has 2 N–H and O–H groups in total. The molecule has 1 aromatic heterocycles. The fraction of sp³-hybridized carbons (Fsp3) is 0.200. The number of aliphatic hydroxyl groups excluding tert-OH is 1. The molecule has 0 bridgehead atoms. The van der Waals surface area contributed by atoms with E-state index in [4.69, 9.17) is 5.11 Å². The van der Waals surface area contributed by atoms with Crippen LogP contribution in [0.25, 0.3) is 16.8 Å². The summed E-state index contributed by atoms with van der Waals surface area (Å²) in [5, 5.41) is 23.1. The summed E-state index contributed by atoms with van der Waals surface area (Å²) in [5.74, 6) is -1.26. The Balaban J connectivity index is 2.09. The van der Waals surface area contributed by atoms with Gasteiger partial charge in [-0.25, -0.2) is 9.48 Å². The Morgan fingerprint density at radius 2 is 1.72 bits per heavy atom. The largest absolute Gasteiger partial charge is 0.479 e. The van der Waals surface area contributed by atoms with Crippen molar-refractivity contribution >= 4 is 5.97 Å². The maximum Gasteiger partial charge on any atom is 0.337 e. The molecule has 1 heterocycles. The summed E-state index contributed by atoms with van der Waals surface area (Å²) >= 11 is 0. The van der Waals surface area contributed by atoms with E-state index in [1.165, 1.54) is 0 Å². The maximum atomic E-state index is 10.9.